The molecule has 7 nitrogen and oxygen atoms in total. The number of halogens is 2. The molecule has 1 saturated heterocycles. The molecule has 1 fully saturated rings. The molecule has 0 amide bonds. The standard InChI is InChI=1S/C15H10F2N2O5/c1-2-7-6-23-15(20)19(7)13-9-5-8(14-21-3-4-22-14)10(16)11(17)12(9)24-18-13/h2,5-6,14H,1,3-4H2. The Labute approximate surface area is 132 Å². The average Bonchev–Trinajstić information content (AvgIpc) is 3.29. The molecule has 0 aliphatic carbocycles. The molecular formula is C15H10F2N2O5. The van der Waals surface area contributed by atoms with Gasteiger partial charge in [0.05, 0.1) is 24.3 Å². The summed E-state index contributed by atoms with van der Waals surface area (Å²) in [5, 5.41) is 3.75. The van der Waals surface area contributed by atoms with Crippen LogP contribution < -0.4 is 5.76 Å². The SMILES string of the molecule is C=Cc1coc(=O)n1-c1noc2c(F)c(F)c(C3OCCO3)cc12. The van der Waals surface area contributed by atoms with E-state index >= 15 is 0 Å². The summed E-state index contributed by atoms with van der Waals surface area (Å²) in [6.07, 6.45) is 1.49. The Hall–Kier alpha value is -2.78. The smallest absolute Gasteiger partial charge is 0.415 e. The number of rotatable bonds is 3. The van der Waals surface area contributed by atoms with E-state index in [4.69, 9.17) is 18.4 Å². The van der Waals surface area contributed by atoms with Crippen LogP contribution >= 0.6 is 0 Å². The molecule has 1 aliphatic heterocycles. The molecule has 0 N–H and O–H groups in total. The third-order valence-electron chi connectivity index (χ3n) is 3.67. The first-order chi connectivity index (χ1) is 11.6. The second kappa shape index (κ2) is 5.39. The number of fused-ring (bicyclic) bond motifs is 1. The van der Waals surface area contributed by atoms with E-state index in [0.29, 0.717) is 0 Å². The van der Waals surface area contributed by atoms with E-state index in [1.54, 1.807) is 0 Å². The van der Waals surface area contributed by atoms with E-state index in [1.165, 1.54) is 18.4 Å². The molecule has 0 radical (unpaired) electrons. The molecule has 124 valence electrons. The summed E-state index contributed by atoms with van der Waals surface area (Å²) in [4.78, 5) is 11.9. The van der Waals surface area contributed by atoms with Crippen molar-refractivity contribution in [1.29, 1.82) is 0 Å². The molecule has 0 bridgehead atoms. The predicted molar refractivity (Wildman–Crippen MR) is 76.5 cm³/mol. The second-order valence-corrected chi connectivity index (χ2v) is 5.02. The summed E-state index contributed by atoms with van der Waals surface area (Å²) in [5.74, 6) is -3.20. The highest BCUT2D eigenvalue weighted by Crippen LogP contribution is 2.34. The monoisotopic (exact) mass is 336 g/mol. The number of oxazole rings is 1. The fourth-order valence-electron chi connectivity index (χ4n) is 2.56. The van der Waals surface area contributed by atoms with E-state index in [1.807, 2.05) is 0 Å². The molecule has 0 atom stereocenters. The Morgan fingerprint density at radius 2 is 2.04 bits per heavy atom. The van der Waals surface area contributed by atoms with Gasteiger partial charge in [-0.2, -0.15) is 4.39 Å². The molecule has 1 aliphatic rings. The first-order valence-electron chi connectivity index (χ1n) is 6.95. The van der Waals surface area contributed by atoms with Gasteiger partial charge in [0.15, 0.2) is 17.9 Å². The van der Waals surface area contributed by atoms with Crippen LogP contribution in [0.25, 0.3) is 22.9 Å². The zero-order chi connectivity index (χ0) is 16.8. The highest BCUT2D eigenvalue weighted by molar-refractivity contribution is 5.86. The summed E-state index contributed by atoms with van der Waals surface area (Å²) in [6.45, 7) is 4.09. The Morgan fingerprint density at radius 3 is 2.75 bits per heavy atom. The number of nitrogens with zero attached hydrogens (tertiary/aromatic N) is 2. The van der Waals surface area contributed by atoms with E-state index in [0.717, 1.165) is 4.57 Å². The van der Waals surface area contributed by atoms with E-state index in [-0.39, 0.29) is 35.7 Å². The Balaban J connectivity index is 2.00. The molecule has 0 spiro atoms. The number of ether oxygens (including phenoxy) is 2. The summed E-state index contributed by atoms with van der Waals surface area (Å²) >= 11 is 0. The highest BCUT2D eigenvalue weighted by Gasteiger charge is 2.29. The van der Waals surface area contributed by atoms with Crippen LogP contribution in [0.15, 0.2) is 32.6 Å². The van der Waals surface area contributed by atoms with Crippen molar-refractivity contribution in [2.24, 2.45) is 0 Å². The molecule has 0 saturated carbocycles. The largest absolute Gasteiger partial charge is 0.425 e. The van der Waals surface area contributed by atoms with Gasteiger partial charge in [-0.25, -0.2) is 13.8 Å². The first kappa shape index (κ1) is 14.8. The topological polar surface area (TPSA) is 79.6 Å². The van der Waals surface area contributed by atoms with Crippen LogP contribution in [0.3, 0.4) is 0 Å². The van der Waals surface area contributed by atoms with Gasteiger partial charge >= 0.3 is 5.76 Å². The van der Waals surface area contributed by atoms with E-state index < -0.39 is 29.3 Å². The van der Waals surface area contributed by atoms with Crippen molar-refractivity contribution >= 4 is 17.0 Å². The normalized spacial score (nSPS) is 15.4. The number of benzene rings is 1. The van der Waals surface area contributed by atoms with Crippen molar-refractivity contribution < 1.29 is 27.2 Å². The van der Waals surface area contributed by atoms with Gasteiger partial charge in [0.25, 0.3) is 0 Å². The first-order valence-corrected chi connectivity index (χ1v) is 6.95. The van der Waals surface area contributed by atoms with Gasteiger partial charge in [-0.3, -0.25) is 0 Å². The highest BCUT2D eigenvalue weighted by atomic mass is 19.2. The van der Waals surface area contributed by atoms with Crippen molar-refractivity contribution in [3.63, 3.8) is 0 Å². The summed E-state index contributed by atoms with van der Waals surface area (Å²) in [6, 6.07) is 1.28. The molecule has 2 aromatic heterocycles. The van der Waals surface area contributed by atoms with Gasteiger partial charge in [-0.05, 0) is 12.1 Å². The minimum atomic E-state index is -1.24. The lowest BCUT2D eigenvalue weighted by atomic mass is 10.1. The Morgan fingerprint density at radius 1 is 1.29 bits per heavy atom. The third kappa shape index (κ3) is 2.02. The molecule has 1 aromatic carbocycles. The van der Waals surface area contributed by atoms with Crippen molar-refractivity contribution in [1.82, 2.24) is 9.72 Å². The summed E-state index contributed by atoms with van der Waals surface area (Å²) in [7, 11) is 0. The van der Waals surface area contributed by atoms with Gasteiger partial charge in [0, 0.05) is 5.56 Å². The number of hydrogen-bond donors (Lipinski definition) is 0. The predicted octanol–water partition coefficient (Wildman–Crippen LogP) is 2.54. The fraction of sp³-hybridized carbons (Fsp3) is 0.200. The van der Waals surface area contributed by atoms with Crippen molar-refractivity contribution in [3.8, 4) is 5.82 Å². The third-order valence-corrected chi connectivity index (χ3v) is 3.67. The zero-order valence-corrected chi connectivity index (χ0v) is 12.1. The second-order valence-electron chi connectivity index (χ2n) is 5.02. The van der Waals surface area contributed by atoms with Crippen LogP contribution in [-0.4, -0.2) is 22.9 Å². The lowest BCUT2D eigenvalue weighted by Crippen LogP contribution is -2.14. The fourth-order valence-corrected chi connectivity index (χ4v) is 2.56. The molecular weight excluding hydrogens is 326 g/mol. The number of aromatic nitrogens is 2. The van der Waals surface area contributed by atoms with E-state index in [2.05, 4.69) is 11.7 Å². The molecule has 0 unspecified atom stereocenters. The van der Waals surface area contributed by atoms with Gasteiger partial charge in [0.2, 0.25) is 11.4 Å². The Bertz CT molecular complexity index is 997. The van der Waals surface area contributed by atoms with Crippen molar-refractivity contribution in [3.05, 3.63) is 52.4 Å². The number of hydrogen-bond acceptors (Lipinski definition) is 6. The average molecular weight is 336 g/mol. The minimum Gasteiger partial charge on any atom is -0.415 e. The zero-order valence-electron chi connectivity index (χ0n) is 12.1. The van der Waals surface area contributed by atoms with E-state index in [9.17, 15) is 13.6 Å². The quantitative estimate of drug-likeness (QED) is 0.731. The van der Waals surface area contributed by atoms with Crippen LogP contribution in [0, 0.1) is 11.6 Å². The maximum atomic E-state index is 14.3. The maximum Gasteiger partial charge on any atom is 0.425 e. The van der Waals surface area contributed by atoms with Gasteiger partial charge in [-0.1, -0.05) is 11.7 Å². The van der Waals surface area contributed by atoms with Crippen LogP contribution in [0.5, 0.6) is 0 Å². The van der Waals surface area contributed by atoms with Gasteiger partial charge in [-0.15, -0.1) is 0 Å². The maximum absolute atomic E-state index is 14.3. The minimum absolute atomic E-state index is 0.0446. The van der Waals surface area contributed by atoms with Crippen molar-refractivity contribution in [2.75, 3.05) is 13.2 Å². The van der Waals surface area contributed by atoms with Gasteiger partial charge in [0.1, 0.15) is 6.26 Å². The van der Waals surface area contributed by atoms with Crippen LogP contribution in [0.1, 0.15) is 17.5 Å². The Kier molecular flexibility index (Phi) is 3.32. The van der Waals surface area contributed by atoms with Gasteiger partial charge < -0.3 is 18.4 Å². The molecule has 3 heterocycles. The van der Waals surface area contributed by atoms with Crippen LogP contribution in [0.2, 0.25) is 0 Å². The van der Waals surface area contributed by atoms with Crippen LogP contribution in [0.4, 0.5) is 8.78 Å². The lowest BCUT2D eigenvalue weighted by Gasteiger charge is -2.11. The van der Waals surface area contributed by atoms with Crippen LogP contribution in [-0.2, 0) is 9.47 Å². The van der Waals surface area contributed by atoms with Crippen molar-refractivity contribution in [2.45, 2.75) is 6.29 Å². The molecule has 4 rings (SSSR count). The molecule has 9 heteroatoms. The summed E-state index contributed by atoms with van der Waals surface area (Å²) < 4.78 is 49.7. The summed E-state index contributed by atoms with van der Waals surface area (Å²) in [5.41, 5.74) is -0.277. The molecule has 3 aromatic rings. The lowest BCUT2D eigenvalue weighted by molar-refractivity contribution is -0.0467. The molecule has 24 heavy (non-hydrogen) atoms.